The molecule has 9 heteroatoms. The van der Waals surface area contributed by atoms with Crippen molar-refractivity contribution in [2.45, 2.75) is 13.5 Å². The van der Waals surface area contributed by atoms with Crippen LogP contribution in [0.1, 0.15) is 11.4 Å². The maximum atomic E-state index is 13.3. The van der Waals surface area contributed by atoms with E-state index >= 15 is 0 Å². The first kappa shape index (κ1) is 17.9. The predicted octanol–water partition coefficient (Wildman–Crippen LogP) is 3.69. The lowest BCUT2D eigenvalue weighted by Crippen LogP contribution is -2.23. The molecule has 0 unspecified atom stereocenters. The number of rotatable bonds is 3. The SMILES string of the molecule is Cc1csc2nc(Cn3cnc4scc(-c5ccc(F)cc5)c4c3=O)cc(=O)n12. The number of aryl methyl sites for hydroxylation is 1. The second kappa shape index (κ2) is 6.71. The van der Waals surface area contributed by atoms with E-state index in [4.69, 9.17) is 0 Å². The Balaban J connectivity index is 1.62. The Morgan fingerprint density at radius 1 is 1.10 bits per heavy atom. The molecule has 0 amide bonds. The van der Waals surface area contributed by atoms with Gasteiger partial charge in [-0.2, -0.15) is 0 Å². The zero-order valence-corrected chi connectivity index (χ0v) is 16.8. The highest BCUT2D eigenvalue weighted by Gasteiger charge is 2.15. The molecule has 144 valence electrons. The Kier molecular flexibility index (Phi) is 4.14. The Labute approximate surface area is 171 Å². The lowest BCUT2D eigenvalue weighted by Gasteiger charge is -2.06. The van der Waals surface area contributed by atoms with Gasteiger partial charge in [-0.25, -0.2) is 14.4 Å². The molecule has 0 radical (unpaired) electrons. The van der Waals surface area contributed by atoms with Crippen molar-refractivity contribution in [3.63, 3.8) is 0 Å². The van der Waals surface area contributed by atoms with E-state index in [9.17, 15) is 14.0 Å². The van der Waals surface area contributed by atoms with Crippen molar-refractivity contribution in [2.75, 3.05) is 0 Å². The Bertz CT molecular complexity index is 1500. The van der Waals surface area contributed by atoms with E-state index in [1.807, 2.05) is 17.7 Å². The maximum Gasteiger partial charge on any atom is 0.263 e. The van der Waals surface area contributed by atoms with Crippen LogP contribution in [0.3, 0.4) is 0 Å². The van der Waals surface area contributed by atoms with Gasteiger partial charge in [0, 0.05) is 28.1 Å². The van der Waals surface area contributed by atoms with Crippen LogP contribution in [-0.4, -0.2) is 18.9 Å². The molecule has 0 aliphatic carbocycles. The van der Waals surface area contributed by atoms with Crippen LogP contribution in [0.25, 0.3) is 26.3 Å². The Morgan fingerprint density at radius 3 is 2.69 bits per heavy atom. The Hall–Kier alpha value is -3.17. The minimum atomic E-state index is -0.333. The molecule has 4 heterocycles. The van der Waals surface area contributed by atoms with Gasteiger partial charge >= 0.3 is 0 Å². The highest BCUT2D eigenvalue weighted by atomic mass is 32.1. The average molecular weight is 424 g/mol. The fourth-order valence-corrected chi connectivity index (χ4v) is 5.08. The molecule has 0 saturated carbocycles. The zero-order valence-electron chi connectivity index (χ0n) is 15.1. The lowest BCUT2D eigenvalue weighted by atomic mass is 10.1. The highest BCUT2D eigenvalue weighted by Crippen LogP contribution is 2.30. The van der Waals surface area contributed by atoms with E-state index in [2.05, 4.69) is 9.97 Å². The summed E-state index contributed by atoms with van der Waals surface area (Å²) in [4.78, 5) is 35.6. The third kappa shape index (κ3) is 2.99. The molecule has 0 aliphatic heterocycles. The van der Waals surface area contributed by atoms with Crippen molar-refractivity contribution >= 4 is 37.9 Å². The molecule has 0 N–H and O–H groups in total. The summed E-state index contributed by atoms with van der Waals surface area (Å²) in [7, 11) is 0. The molecule has 6 nitrogen and oxygen atoms in total. The lowest BCUT2D eigenvalue weighted by molar-refractivity contribution is 0.628. The van der Waals surface area contributed by atoms with Crippen molar-refractivity contribution in [3.8, 4) is 11.1 Å². The number of fused-ring (bicyclic) bond motifs is 2. The third-order valence-corrected chi connectivity index (χ3v) is 6.51. The van der Waals surface area contributed by atoms with E-state index in [0.717, 1.165) is 11.3 Å². The highest BCUT2D eigenvalue weighted by molar-refractivity contribution is 7.17. The van der Waals surface area contributed by atoms with Crippen LogP contribution in [0.15, 0.2) is 57.0 Å². The van der Waals surface area contributed by atoms with Crippen LogP contribution in [0.2, 0.25) is 0 Å². The first-order valence-corrected chi connectivity index (χ1v) is 10.5. The number of nitrogens with zero attached hydrogens (tertiary/aromatic N) is 4. The van der Waals surface area contributed by atoms with Gasteiger partial charge in [0.1, 0.15) is 10.6 Å². The third-order valence-electron chi connectivity index (χ3n) is 4.68. The summed E-state index contributed by atoms with van der Waals surface area (Å²) in [5, 5.41) is 4.20. The maximum absolute atomic E-state index is 13.3. The molecule has 0 spiro atoms. The summed E-state index contributed by atoms with van der Waals surface area (Å²) in [6, 6.07) is 7.46. The molecule has 0 saturated heterocycles. The van der Waals surface area contributed by atoms with E-state index in [0.29, 0.717) is 26.4 Å². The fourth-order valence-electron chi connectivity index (χ4n) is 3.28. The number of thiophene rings is 1. The van der Waals surface area contributed by atoms with Gasteiger partial charge in [-0.15, -0.1) is 22.7 Å². The van der Waals surface area contributed by atoms with Gasteiger partial charge in [-0.05, 0) is 24.6 Å². The monoisotopic (exact) mass is 424 g/mol. The van der Waals surface area contributed by atoms with Gasteiger partial charge in [0.05, 0.1) is 24.0 Å². The van der Waals surface area contributed by atoms with Crippen molar-refractivity contribution in [2.24, 2.45) is 0 Å². The molecular weight excluding hydrogens is 411 g/mol. The molecule has 0 bridgehead atoms. The topological polar surface area (TPSA) is 69.3 Å². The van der Waals surface area contributed by atoms with Crippen molar-refractivity contribution in [1.82, 2.24) is 18.9 Å². The quantitative estimate of drug-likeness (QED) is 0.443. The zero-order chi connectivity index (χ0) is 20.1. The van der Waals surface area contributed by atoms with Gasteiger partial charge in [-0.1, -0.05) is 12.1 Å². The molecule has 1 aromatic carbocycles. The largest absolute Gasteiger partial charge is 0.293 e. The molecule has 5 rings (SSSR count). The average Bonchev–Trinajstić information content (AvgIpc) is 3.29. The van der Waals surface area contributed by atoms with Crippen molar-refractivity contribution in [3.05, 3.63) is 85.3 Å². The number of halogens is 1. The van der Waals surface area contributed by atoms with E-state index in [-0.39, 0.29) is 23.5 Å². The minimum absolute atomic E-state index is 0.142. The number of hydrogen-bond acceptors (Lipinski definition) is 6. The summed E-state index contributed by atoms with van der Waals surface area (Å²) < 4.78 is 16.3. The van der Waals surface area contributed by atoms with E-state index < -0.39 is 0 Å². The smallest absolute Gasteiger partial charge is 0.263 e. The Morgan fingerprint density at radius 2 is 1.90 bits per heavy atom. The van der Waals surface area contributed by atoms with Crippen molar-refractivity contribution in [1.29, 1.82) is 0 Å². The second-order valence-corrected chi connectivity index (χ2v) is 8.29. The van der Waals surface area contributed by atoms with Gasteiger partial charge < -0.3 is 0 Å². The molecular formula is C20H13FN4O2S2. The van der Waals surface area contributed by atoms with E-state index in [1.54, 1.807) is 16.5 Å². The minimum Gasteiger partial charge on any atom is -0.293 e. The standard InChI is InChI=1S/C20H13FN4O2S2/c1-11-8-29-20-23-14(6-16(26)25(11)20)7-24-10-22-18-17(19(24)27)15(9-28-18)12-2-4-13(21)5-3-12/h2-6,8-10H,7H2,1H3. The van der Waals surface area contributed by atoms with Crippen LogP contribution in [0, 0.1) is 12.7 Å². The van der Waals surface area contributed by atoms with Crippen molar-refractivity contribution < 1.29 is 4.39 Å². The summed E-state index contributed by atoms with van der Waals surface area (Å²) in [5.41, 5.74) is 2.40. The number of aromatic nitrogens is 4. The predicted molar refractivity (Wildman–Crippen MR) is 112 cm³/mol. The molecule has 0 fully saturated rings. The van der Waals surface area contributed by atoms with Gasteiger partial charge in [0.15, 0.2) is 4.96 Å². The van der Waals surface area contributed by atoms with Crippen LogP contribution in [0.5, 0.6) is 0 Å². The summed E-state index contributed by atoms with van der Waals surface area (Å²) in [6.07, 6.45) is 1.47. The number of hydrogen-bond donors (Lipinski definition) is 0. The van der Waals surface area contributed by atoms with Crippen LogP contribution in [0.4, 0.5) is 4.39 Å². The molecule has 4 aromatic heterocycles. The van der Waals surface area contributed by atoms with Crippen LogP contribution >= 0.6 is 22.7 Å². The first-order valence-electron chi connectivity index (χ1n) is 8.70. The van der Waals surface area contributed by atoms with Gasteiger partial charge in [0.25, 0.3) is 11.1 Å². The summed E-state index contributed by atoms with van der Waals surface area (Å²) >= 11 is 2.75. The van der Waals surface area contributed by atoms with Gasteiger partial charge in [0.2, 0.25) is 0 Å². The first-order chi connectivity index (χ1) is 14.0. The normalized spacial score (nSPS) is 11.5. The fraction of sp³-hybridized carbons (Fsp3) is 0.100. The van der Waals surface area contributed by atoms with Gasteiger partial charge in [-0.3, -0.25) is 18.6 Å². The molecule has 0 atom stereocenters. The second-order valence-electron chi connectivity index (χ2n) is 6.59. The number of benzene rings is 1. The molecule has 29 heavy (non-hydrogen) atoms. The summed E-state index contributed by atoms with van der Waals surface area (Å²) in [6.45, 7) is 1.99. The van der Waals surface area contributed by atoms with E-state index in [1.165, 1.54) is 51.8 Å². The van der Waals surface area contributed by atoms with Crippen LogP contribution < -0.4 is 11.1 Å². The number of thiazole rings is 1. The molecule has 5 aromatic rings. The molecule has 0 aliphatic rings. The summed E-state index contributed by atoms with van der Waals surface area (Å²) in [5.74, 6) is -0.333. The van der Waals surface area contributed by atoms with Crippen LogP contribution in [-0.2, 0) is 6.54 Å².